The van der Waals surface area contributed by atoms with Gasteiger partial charge >= 0.3 is 0 Å². The zero-order chi connectivity index (χ0) is 16.2. The van der Waals surface area contributed by atoms with Gasteiger partial charge in [-0.15, -0.1) is 5.10 Å². The number of nitrogens with one attached hydrogen (secondary N) is 2. The molecule has 3 aromatic rings. The number of anilines is 3. The van der Waals surface area contributed by atoms with Crippen molar-refractivity contribution in [1.29, 1.82) is 0 Å². The van der Waals surface area contributed by atoms with Gasteiger partial charge in [-0.3, -0.25) is 4.79 Å². The van der Waals surface area contributed by atoms with Crippen LogP contribution in [0.2, 0.25) is 0 Å². The second-order valence-electron chi connectivity index (χ2n) is 6.34. The highest BCUT2D eigenvalue weighted by molar-refractivity contribution is 6.06. The first kappa shape index (κ1) is 13.8. The summed E-state index contributed by atoms with van der Waals surface area (Å²) in [5, 5.41) is 10.6. The van der Waals surface area contributed by atoms with Gasteiger partial charge in [-0.2, -0.15) is 4.98 Å². The number of nitrogens with zero attached hydrogens (tertiary/aromatic N) is 3. The minimum atomic E-state index is -0.494. The Morgan fingerprint density at radius 2 is 2.04 bits per heavy atom. The molecule has 0 bridgehead atoms. The van der Waals surface area contributed by atoms with E-state index in [2.05, 4.69) is 20.7 Å². The van der Waals surface area contributed by atoms with E-state index in [9.17, 15) is 4.79 Å². The first-order chi connectivity index (χ1) is 10.9. The molecule has 1 aliphatic rings. The Balaban J connectivity index is 1.68. The van der Waals surface area contributed by atoms with Crippen molar-refractivity contribution in [3.05, 3.63) is 47.7 Å². The van der Waals surface area contributed by atoms with Crippen LogP contribution in [0.5, 0.6) is 0 Å². The van der Waals surface area contributed by atoms with E-state index in [1.807, 2.05) is 57.2 Å². The number of rotatable bonds is 2. The summed E-state index contributed by atoms with van der Waals surface area (Å²) in [4.78, 5) is 16.5. The number of pyridine rings is 1. The van der Waals surface area contributed by atoms with Gasteiger partial charge in [0.1, 0.15) is 0 Å². The van der Waals surface area contributed by atoms with Gasteiger partial charge in [0.15, 0.2) is 5.65 Å². The molecule has 1 amide bonds. The summed E-state index contributed by atoms with van der Waals surface area (Å²) in [6.45, 7) is 5.83. The molecule has 6 nitrogen and oxygen atoms in total. The Hall–Kier alpha value is -2.89. The van der Waals surface area contributed by atoms with Crippen LogP contribution in [0.25, 0.3) is 5.65 Å². The van der Waals surface area contributed by atoms with Crippen LogP contribution in [-0.2, 0) is 10.2 Å². The molecule has 1 aliphatic heterocycles. The van der Waals surface area contributed by atoms with Crippen LogP contribution in [0, 0.1) is 6.92 Å². The summed E-state index contributed by atoms with van der Waals surface area (Å²) in [6, 6.07) is 11.7. The van der Waals surface area contributed by atoms with E-state index >= 15 is 0 Å². The largest absolute Gasteiger partial charge is 0.325 e. The van der Waals surface area contributed by atoms with E-state index in [1.54, 1.807) is 4.52 Å². The summed E-state index contributed by atoms with van der Waals surface area (Å²) in [7, 11) is 0. The van der Waals surface area contributed by atoms with Crippen molar-refractivity contribution in [2.75, 3.05) is 10.6 Å². The molecule has 0 saturated heterocycles. The molecule has 3 heterocycles. The number of benzene rings is 1. The Bertz CT molecular complexity index is 941. The molecule has 2 N–H and O–H groups in total. The molecular formula is C17H17N5O. The van der Waals surface area contributed by atoms with Crippen LogP contribution in [-0.4, -0.2) is 20.5 Å². The van der Waals surface area contributed by atoms with E-state index in [-0.39, 0.29) is 5.91 Å². The van der Waals surface area contributed by atoms with Gasteiger partial charge in [-0.1, -0.05) is 12.1 Å². The number of fused-ring (bicyclic) bond motifs is 2. The van der Waals surface area contributed by atoms with Crippen LogP contribution >= 0.6 is 0 Å². The van der Waals surface area contributed by atoms with Crippen molar-refractivity contribution in [3.8, 4) is 0 Å². The van der Waals surface area contributed by atoms with Crippen molar-refractivity contribution >= 4 is 28.9 Å². The molecule has 0 aliphatic carbocycles. The second-order valence-corrected chi connectivity index (χ2v) is 6.34. The SMILES string of the molecule is Cc1cccc2nc(Nc3ccc4c(c3)NC(=O)C4(C)C)nn12. The van der Waals surface area contributed by atoms with Crippen LogP contribution in [0.4, 0.5) is 17.3 Å². The van der Waals surface area contributed by atoms with Crippen molar-refractivity contribution in [2.45, 2.75) is 26.2 Å². The Morgan fingerprint density at radius 3 is 2.83 bits per heavy atom. The highest BCUT2D eigenvalue weighted by Gasteiger charge is 2.38. The number of amides is 1. The lowest BCUT2D eigenvalue weighted by Gasteiger charge is -2.14. The van der Waals surface area contributed by atoms with Crippen molar-refractivity contribution in [2.24, 2.45) is 0 Å². The van der Waals surface area contributed by atoms with Gasteiger partial charge in [-0.05, 0) is 50.6 Å². The van der Waals surface area contributed by atoms with Crippen LogP contribution < -0.4 is 10.6 Å². The smallest absolute Gasteiger partial charge is 0.247 e. The number of carbonyl (C=O) groups excluding carboxylic acids is 1. The van der Waals surface area contributed by atoms with E-state index < -0.39 is 5.41 Å². The third kappa shape index (κ3) is 2.06. The first-order valence-corrected chi connectivity index (χ1v) is 7.50. The van der Waals surface area contributed by atoms with Gasteiger partial charge in [-0.25, -0.2) is 4.52 Å². The van der Waals surface area contributed by atoms with Crippen molar-refractivity contribution < 1.29 is 4.79 Å². The monoisotopic (exact) mass is 307 g/mol. The zero-order valence-electron chi connectivity index (χ0n) is 13.2. The zero-order valence-corrected chi connectivity index (χ0v) is 13.2. The molecule has 0 fully saturated rings. The van der Waals surface area contributed by atoms with Crippen LogP contribution in [0.3, 0.4) is 0 Å². The number of hydrogen-bond donors (Lipinski definition) is 2. The van der Waals surface area contributed by atoms with Gasteiger partial charge in [0, 0.05) is 17.1 Å². The third-order valence-corrected chi connectivity index (χ3v) is 4.31. The molecule has 0 radical (unpaired) electrons. The fourth-order valence-corrected chi connectivity index (χ4v) is 2.89. The molecule has 2 aromatic heterocycles. The summed E-state index contributed by atoms with van der Waals surface area (Å²) in [5.74, 6) is 0.550. The van der Waals surface area contributed by atoms with Crippen molar-refractivity contribution in [1.82, 2.24) is 14.6 Å². The molecular weight excluding hydrogens is 290 g/mol. The average Bonchev–Trinajstić information content (AvgIpc) is 2.99. The minimum absolute atomic E-state index is 0.0196. The molecule has 6 heteroatoms. The fraction of sp³-hybridized carbons (Fsp3) is 0.235. The normalized spacial score (nSPS) is 15.5. The van der Waals surface area contributed by atoms with Gasteiger partial charge < -0.3 is 10.6 Å². The summed E-state index contributed by atoms with van der Waals surface area (Å²) >= 11 is 0. The number of aromatic nitrogens is 3. The van der Waals surface area contributed by atoms with Crippen LogP contribution in [0.1, 0.15) is 25.1 Å². The van der Waals surface area contributed by atoms with Gasteiger partial charge in [0.2, 0.25) is 11.9 Å². The van der Waals surface area contributed by atoms with Crippen molar-refractivity contribution in [3.63, 3.8) is 0 Å². The minimum Gasteiger partial charge on any atom is -0.325 e. The third-order valence-electron chi connectivity index (χ3n) is 4.31. The van der Waals surface area contributed by atoms with Gasteiger partial charge in [0.05, 0.1) is 5.41 Å². The topological polar surface area (TPSA) is 71.3 Å². The Labute approximate surface area is 133 Å². The van der Waals surface area contributed by atoms with Gasteiger partial charge in [0.25, 0.3) is 0 Å². The highest BCUT2D eigenvalue weighted by Crippen LogP contribution is 2.38. The molecule has 4 rings (SSSR count). The summed E-state index contributed by atoms with van der Waals surface area (Å²) in [6.07, 6.45) is 0. The first-order valence-electron chi connectivity index (χ1n) is 7.50. The quantitative estimate of drug-likeness (QED) is 0.763. The average molecular weight is 307 g/mol. The lowest BCUT2D eigenvalue weighted by Crippen LogP contribution is -2.26. The van der Waals surface area contributed by atoms with E-state index in [0.717, 1.165) is 28.3 Å². The summed E-state index contributed by atoms with van der Waals surface area (Å²) in [5.41, 5.74) is 4.01. The maximum absolute atomic E-state index is 12.0. The molecule has 0 spiro atoms. The number of hydrogen-bond acceptors (Lipinski definition) is 4. The molecule has 0 atom stereocenters. The Kier molecular flexibility index (Phi) is 2.72. The fourth-order valence-electron chi connectivity index (χ4n) is 2.89. The predicted molar refractivity (Wildman–Crippen MR) is 89.1 cm³/mol. The lowest BCUT2D eigenvalue weighted by atomic mass is 9.86. The molecule has 0 unspecified atom stereocenters. The van der Waals surface area contributed by atoms with E-state index in [4.69, 9.17) is 0 Å². The molecule has 23 heavy (non-hydrogen) atoms. The maximum atomic E-state index is 12.0. The lowest BCUT2D eigenvalue weighted by molar-refractivity contribution is -0.119. The maximum Gasteiger partial charge on any atom is 0.247 e. The van der Waals surface area contributed by atoms with E-state index in [1.165, 1.54) is 0 Å². The standard InChI is InChI=1S/C17H17N5O/c1-10-5-4-6-14-20-16(21-22(10)14)18-11-7-8-12-13(9-11)19-15(23)17(12,2)3/h4-9H,1-3H3,(H,18,21)(H,19,23). The predicted octanol–water partition coefficient (Wildman–Crippen LogP) is 3.01. The molecule has 116 valence electrons. The highest BCUT2D eigenvalue weighted by atomic mass is 16.2. The molecule has 0 saturated carbocycles. The molecule has 1 aromatic carbocycles. The number of carbonyl (C=O) groups is 1. The second kappa shape index (κ2) is 4.55. The van der Waals surface area contributed by atoms with Crippen LogP contribution in [0.15, 0.2) is 36.4 Å². The Morgan fingerprint density at radius 1 is 1.22 bits per heavy atom. The summed E-state index contributed by atoms with van der Waals surface area (Å²) < 4.78 is 1.79. The number of aryl methyl sites for hydroxylation is 1. The van der Waals surface area contributed by atoms with E-state index in [0.29, 0.717) is 5.95 Å².